The fourth-order valence-corrected chi connectivity index (χ4v) is 3.46. The van der Waals surface area contributed by atoms with E-state index >= 15 is 0 Å². The zero-order valence-electron chi connectivity index (χ0n) is 11.1. The van der Waals surface area contributed by atoms with Crippen LogP contribution in [0.1, 0.15) is 24.8 Å². The number of hydrogen-bond acceptors (Lipinski definition) is 3. The molecule has 1 saturated heterocycles. The van der Waals surface area contributed by atoms with Crippen molar-refractivity contribution in [1.29, 1.82) is 5.41 Å². The predicted molar refractivity (Wildman–Crippen MR) is 87.6 cm³/mol. The number of benzene rings is 1. The molecule has 0 amide bonds. The summed E-state index contributed by atoms with van der Waals surface area (Å²) in [5, 5.41) is 9.73. The Morgan fingerprint density at radius 2 is 1.85 bits per heavy atom. The van der Waals surface area contributed by atoms with E-state index in [1.54, 1.807) is 11.8 Å². The summed E-state index contributed by atoms with van der Waals surface area (Å²) in [6, 6.07) is 7.65. The van der Waals surface area contributed by atoms with Gasteiger partial charge in [-0.1, -0.05) is 23.7 Å². The second kappa shape index (κ2) is 6.02. The quantitative estimate of drug-likeness (QED) is 0.842. The van der Waals surface area contributed by atoms with E-state index in [-0.39, 0.29) is 0 Å². The van der Waals surface area contributed by atoms with Gasteiger partial charge in [0.25, 0.3) is 0 Å². The van der Waals surface area contributed by atoms with Gasteiger partial charge in [0.2, 0.25) is 0 Å². The number of nitrogens with zero attached hydrogens (tertiary/aromatic N) is 2. The van der Waals surface area contributed by atoms with Crippen molar-refractivity contribution in [3.63, 3.8) is 0 Å². The zero-order chi connectivity index (χ0) is 13.9. The van der Waals surface area contributed by atoms with Gasteiger partial charge < -0.3 is 4.90 Å². The van der Waals surface area contributed by atoms with E-state index in [2.05, 4.69) is 9.89 Å². The molecule has 1 aromatic carbocycles. The fraction of sp³-hybridized carbons (Fsp3) is 0.333. The highest BCUT2D eigenvalue weighted by atomic mass is 35.5. The number of amidine groups is 2. The van der Waals surface area contributed by atoms with Crippen LogP contribution in [0, 0.1) is 5.41 Å². The van der Waals surface area contributed by atoms with Crippen LogP contribution < -0.4 is 0 Å². The van der Waals surface area contributed by atoms with E-state index in [0.717, 1.165) is 33.7 Å². The van der Waals surface area contributed by atoms with Crippen molar-refractivity contribution < 1.29 is 0 Å². The maximum atomic E-state index is 8.02. The fourth-order valence-electron chi connectivity index (χ4n) is 2.35. The van der Waals surface area contributed by atoms with Crippen LogP contribution in [0.4, 0.5) is 0 Å². The Hall–Kier alpha value is -1.26. The largest absolute Gasteiger partial charge is 0.351 e. The Balaban J connectivity index is 1.74. The number of aliphatic imine (C=N–C) groups is 1. The second-order valence-electron chi connectivity index (χ2n) is 4.95. The molecule has 0 bridgehead atoms. The SMILES string of the molecule is N=C1N=C(N2CCCCC2)SC1=Cc1ccc(Cl)cc1. The first kappa shape index (κ1) is 13.7. The molecule has 20 heavy (non-hydrogen) atoms. The minimum atomic E-state index is 0.366. The van der Waals surface area contributed by atoms with Crippen molar-refractivity contribution in [1.82, 2.24) is 4.90 Å². The third-order valence-corrected chi connectivity index (χ3v) is 4.75. The van der Waals surface area contributed by atoms with E-state index in [4.69, 9.17) is 17.0 Å². The molecule has 0 atom stereocenters. The number of halogens is 1. The first-order valence-electron chi connectivity index (χ1n) is 6.80. The average molecular weight is 306 g/mol. The molecular weight excluding hydrogens is 290 g/mol. The van der Waals surface area contributed by atoms with Crippen LogP contribution >= 0.6 is 23.4 Å². The molecule has 2 aliphatic heterocycles. The summed E-state index contributed by atoms with van der Waals surface area (Å²) in [5.74, 6) is 0.366. The lowest BCUT2D eigenvalue weighted by Gasteiger charge is -2.27. The molecule has 1 fully saturated rings. The van der Waals surface area contributed by atoms with Crippen LogP contribution in [-0.4, -0.2) is 29.0 Å². The number of hydrogen-bond donors (Lipinski definition) is 1. The van der Waals surface area contributed by atoms with Crippen molar-refractivity contribution >= 4 is 40.4 Å². The monoisotopic (exact) mass is 305 g/mol. The highest BCUT2D eigenvalue weighted by Crippen LogP contribution is 2.31. The maximum Gasteiger partial charge on any atom is 0.171 e. The summed E-state index contributed by atoms with van der Waals surface area (Å²) in [5.41, 5.74) is 1.05. The van der Waals surface area contributed by atoms with Gasteiger partial charge in [-0.15, -0.1) is 0 Å². The Bertz CT molecular complexity index is 571. The van der Waals surface area contributed by atoms with Gasteiger partial charge in [0.15, 0.2) is 11.0 Å². The molecule has 3 nitrogen and oxygen atoms in total. The predicted octanol–water partition coefficient (Wildman–Crippen LogP) is 4.25. The summed E-state index contributed by atoms with van der Waals surface area (Å²) < 4.78 is 0. The first-order chi connectivity index (χ1) is 9.72. The minimum Gasteiger partial charge on any atom is -0.351 e. The van der Waals surface area contributed by atoms with E-state index in [9.17, 15) is 0 Å². The summed E-state index contributed by atoms with van der Waals surface area (Å²) >= 11 is 7.49. The Morgan fingerprint density at radius 1 is 1.15 bits per heavy atom. The molecule has 1 N–H and O–H groups in total. The smallest absolute Gasteiger partial charge is 0.171 e. The van der Waals surface area contributed by atoms with E-state index in [0.29, 0.717) is 5.84 Å². The van der Waals surface area contributed by atoms with Crippen LogP contribution in [0.3, 0.4) is 0 Å². The number of likely N-dealkylation sites (tertiary alicyclic amines) is 1. The molecule has 2 aliphatic rings. The Morgan fingerprint density at radius 3 is 2.55 bits per heavy atom. The zero-order valence-corrected chi connectivity index (χ0v) is 12.7. The molecule has 3 rings (SSSR count). The number of thioether (sulfide) groups is 1. The van der Waals surface area contributed by atoms with Crippen molar-refractivity contribution in [2.24, 2.45) is 4.99 Å². The Kier molecular flexibility index (Phi) is 4.13. The molecule has 0 unspecified atom stereocenters. The van der Waals surface area contributed by atoms with Crippen LogP contribution in [0.2, 0.25) is 5.02 Å². The number of rotatable bonds is 1. The third-order valence-electron chi connectivity index (χ3n) is 3.44. The Labute approximate surface area is 128 Å². The molecule has 5 heteroatoms. The summed E-state index contributed by atoms with van der Waals surface area (Å²) in [6.07, 6.45) is 5.76. The lowest BCUT2D eigenvalue weighted by molar-refractivity contribution is 0.348. The summed E-state index contributed by atoms with van der Waals surface area (Å²) in [4.78, 5) is 7.61. The topological polar surface area (TPSA) is 39.5 Å². The van der Waals surface area contributed by atoms with Crippen LogP contribution in [0.5, 0.6) is 0 Å². The summed E-state index contributed by atoms with van der Waals surface area (Å²) in [6.45, 7) is 2.13. The van der Waals surface area contributed by atoms with Gasteiger partial charge in [0, 0.05) is 18.1 Å². The molecule has 0 radical (unpaired) electrons. The summed E-state index contributed by atoms with van der Waals surface area (Å²) in [7, 11) is 0. The van der Waals surface area contributed by atoms with Gasteiger partial charge in [-0.05, 0) is 54.8 Å². The van der Waals surface area contributed by atoms with E-state index in [1.807, 2.05) is 30.3 Å². The van der Waals surface area contributed by atoms with Gasteiger partial charge >= 0.3 is 0 Å². The van der Waals surface area contributed by atoms with Gasteiger partial charge in [-0.3, -0.25) is 5.41 Å². The van der Waals surface area contributed by atoms with Crippen molar-refractivity contribution in [3.05, 3.63) is 39.8 Å². The third kappa shape index (κ3) is 3.07. The second-order valence-corrected chi connectivity index (χ2v) is 6.40. The molecule has 104 valence electrons. The molecule has 0 saturated carbocycles. The van der Waals surface area contributed by atoms with E-state index in [1.165, 1.54) is 19.3 Å². The van der Waals surface area contributed by atoms with Gasteiger partial charge in [0.1, 0.15) is 0 Å². The van der Waals surface area contributed by atoms with E-state index < -0.39 is 0 Å². The molecule has 0 aromatic heterocycles. The van der Waals surface area contributed by atoms with Crippen molar-refractivity contribution in [2.45, 2.75) is 19.3 Å². The maximum absolute atomic E-state index is 8.02. The molecule has 1 aromatic rings. The number of nitrogens with one attached hydrogen (secondary N) is 1. The number of piperidine rings is 1. The molecular formula is C15H16ClN3S. The normalized spacial score (nSPS) is 21.4. The van der Waals surface area contributed by atoms with Gasteiger partial charge in [-0.2, -0.15) is 0 Å². The van der Waals surface area contributed by atoms with Crippen molar-refractivity contribution in [3.8, 4) is 0 Å². The van der Waals surface area contributed by atoms with Crippen molar-refractivity contribution in [2.75, 3.05) is 13.1 Å². The lowest BCUT2D eigenvalue weighted by Crippen LogP contribution is -2.33. The lowest BCUT2D eigenvalue weighted by atomic mass is 10.1. The average Bonchev–Trinajstić information content (AvgIpc) is 2.84. The van der Waals surface area contributed by atoms with Crippen LogP contribution in [0.25, 0.3) is 6.08 Å². The van der Waals surface area contributed by atoms with Crippen LogP contribution in [0.15, 0.2) is 34.2 Å². The molecule has 2 heterocycles. The van der Waals surface area contributed by atoms with Gasteiger partial charge in [-0.25, -0.2) is 4.99 Å². The molecule has 0 aliphatic carbocycles. The molecule has 0 spiro atoms. The first-order valence-corrected chi connectivity index (χ1v) is 7.99. The van der Waals surface area contributed by atoms with Crippen LogP contribution in [-0.2, 0) is 0 Å². The van der Waals surface area contributed by atoms with Gasteiger partial charge in [0.05, 0.1) is 4.91 Å². The highest BCUT2D eigenvalue weighted by molar-refractivity contribution is 8.18. The standard InChI is InChI=1S/C15H16ClN3S/c16-12-6-4-11(5-7-12)10-13-14(17)18-15(20-13)19-8-2-1-3-9-19/h4-7,10,17H,1-3,8-9H2. The highest BCUT2D eigenvalue weighted by Gasteiger charge is 2.24. The minimum absolute atomic E-state index is 0.366.